The van der Waals surface area contributed by atoms with E-state index in [0.717, 1.165) is 5.56 Å². The number of hydrogen-bond acceptors (Lipinski definition) is 4. The van der Waals surface area contributed by atoms with Gasteiger partial charge in [-0.05, 0) is 24.1 Å². The Morgan fingerprint density at radius 1 is 1.36 bits per heavy atom. The van der Waals surface area contributed by atoms with Crippen molar-refractivity contribution in [3.8, 4) is 11.5 Å². The van der Waals surface area contributed by atoms with Crippen molar-refractivity contribution >= 4 is 6.03 Å². The maximum atomic E-state index is 13.7. The summed E-state index contributed by atoms with van der Waals surface area (Å²) in [6, 6.07) is 4.90. The largest absolute Gasteiger partial charge is 0.493 e. The quantitative estimate of drug-likeness (QED) is 0.859. The Kier molecular flexibility index (Phi) is 5.43. The molecule has 1 saturated heterocycles. The summed E-state index contributed by atoms with van der Waals surface area (Å²) in [5.41, 5.74) is 6.22. The number of amides is 2. The highest BCUT2D eigenvalue weighted by Gasteiger charge is 2.28. The molecular weight excluding hydrogens is 289 g/mol. The number of piperidine rings is 1. The highest BCUT2D eigenvalue weighted by molar-refractivity contribution is 5.72. The molecule has 22 heavy (non-hydrogen) atoms. The molecule has 1 fully saturated rings. The van der Waals surface area contributed by atoms with Crippen LogP contribution in [0.15, 0.2) is 18.2 Å². The number of urea groups is 1. The number of benzene rings is 1. The highest BCUT2D eigenvalue weighted by Crippen LogP contribution is 2.27. The van der Waals surface area contributed by atoms with E-state index >= 15 is 0 Å². The van der Waals surface area contributed by atoms with Crippen molar-refractivity contribution in [3.05, 3.63) is 23.8 Å². The summed E-state index contributed by atoms with van der Waals surface area (Å²) < 4.78 is 24.1. The number of likely N-dealkylation sites (tertiary alicyclic amines) is 1. The second-order valence-corrected chi connectivity index (χ2v) is 5.34. The van der Waals surface area contributed by atoms with Gasteiger partial charge in [-0.3, -0.25) is 0 Å². The second kappa shape index (κ2) is 7.31. The van der Waals surface area contributed by atoms with Crippen LogP contribution in [0.25, 0.3) is 0 Å². The van der Waals surface area contributed by atoms with Crippen molar-refractivity contribution in [2.75, 3.05) is 27.3 Å². The number of halogens is 1. The van der Waals surface area contributed by atoms with Gasteiger partial charge in [-0.1, -0.05) is 6.07 Å². The lowest BCUT2D eigenvalue weighted by atomic mass is 10.0. The van der Waals surface area contributed by atoms with Crippen LogP contribution in [0.5, 0.6) is 11.5 Å². The average molecular weight is 311 g/mol. The third-order valence-corrected chi connectivity index (χ3v) is 3.75. The Balaban J connectivity index is 1.96. The molecule has 3 N–H and O–H groups in total. The molecule has 0 saturated carbocycles. The van der Waals surface area contributed by atoms with Crippen LogP contribution in [0.4, 0.5) is 9.18 Å². The van der Waals surface area contributed by atoms with Crippen LogP contribution in [-0.4, -0.2) is 50.5 Å². The molecule has 122 valence electrons. The van der Waals surface area contributed by atoms with E-state index in [4.69, 9.17) is 15.2 Å². The van der Waals surface area contributed by atoms with Gasteiger partial charge in [0.05, 0.1) is 20.8 Å². The van der Waals surface area contributed by atoms with Crippen molar-refractivity contribution < 1.29 is 18.7 Å². The summed E-state index contributed by atoms with van der Waals surface area (Å²) in [5, 5.41) is 3.26. The van der Waals surface area contributed by atoms with Crippen molar-refractivity contribution in [1.82, 2.24) is 10.2 Å². The Morgan fingerprint density at radius 3 is 2.73 bits per heavy atom. The molecule has 2 amide bonds. The lowest BCUT2D eigenvalue weighted by Gasteiger charge is -2.34. The summed E-state index contributed by atoms with van der Waals surface area (Å²) in [4.78, 5) is 12.5. The standard InChI is InChI=1S/C15H22FN3O3/c1-21-13-4-3-10(5-14(13)22-2)7-18-12-6-11(16)8-19(9-12)15(17)20/h3-5,11-12,18H,6-9H2,1-2H3,(H2,17,20)/t11-,12+/m0/s1. The van der Waals surface area contributed by atoms with Gasteiger partial charge in [0.25, 0.3) is 0 Å². The van der Waals surface area contributed by atoms with E-state index in [0.29, 0.717) is 31.0 Å². The van der Waals surface area contributed by atoms with Crippen molar-refractivity contribution in [2.45, 2.75) is 25.2 Å². The van der Waals surface area contributed by atoms with E-state index in [1.807, 2.05) is 18.2 Å². The van der Waals surface area contributed by atoms with Gasteiger partial charge in [0, 0.05) is 19.1 Å². The zero-order valence-corrected chi connectivity index (χ0v) is 12.8. The molecule has 1 heterocycles. The first-order valence-electron chi connectivity index (χ1n) is 7.16. The van der Waals surface area contributed by atoms with E-state index in [1.54, 1.807) is 14.2 Å². The number of nitrogens with zero attached hydrogens (tertiary/aromatic N) is 1. The number of ether oxygens (including phenoxy) is 2. The highest BCUT2D eigenvalue weighted by atomic mass is 19.1. The van der Waals surface area contributed by atoms with Gasteiger partial charge in [0.1, 0.15) is 6.17 Å². The lowest BCUT2D eigenvalue weighted by molar-refractivity contribution is 0.127. The molecule has 0 aromatic heterocycles. The zero-order chi connectivity index (χ0) is 16.1. The predicted octanol–water partition coefficient (Wildman–Crippen LogP) is 1.28. The summed E-state index contributed by atoms with van der Waals surface area (Å²) >= 11 is 0. The maximum Gasteiger partial charge on any atom is 0.314 e. The Bertz CT molecular complexity index is 527. The summed E-state index contributed by atoms with van der Waals surface area (Å²) in [5.74, 6) is 1.31. The lowest BCUT2D eigenvalue weighted by Crippen LogP contribution is -2.53. The van der Waals surface area contributed by atoms with E-state index in [9.17, 15) is 9.18 Å². The Labute approximate surface area is 129 Å². The van der Waals surface area contributed by atoms with Gasteiger partial charge in [0.15, 0.2) is 11.5 Å². The molecule has 6 nitrogen and oxygen atoms in total. The molecule has 1 aromatic rings. The number of carbonyl (C=O) groups is 1. The van der Waals surface area contributed by atoms with Gasteiger partial charge in [-0.2, -0.15) is 0 Å². The van der Waals surface area contributed by atoms with Crippen LogP contribution in [0.1, 0.15) is 12.0 Å². The smallest absolute Gasteiger partial charge is 0.314 e. The number of nitrogens with one attached hydrogen (secondary N) is 1. The fourth-order valence-electron chi connectivity index (χ4n) is 2.62. The molecule has 1 aliphatic heterocycles. The van der Waals surface area contributed by atoms with E-state index < -0.39 is 12.2 Å². The molecule has 2 rings (SSSR count). The molecule has 0 unspecified atom stereocenters. The van der Waals surface area contributed by atoms with Crippen molar-refractivity contribution in [1.29, 1.82) is 0 Å². The van der Waals surface area contributed by atoms with Crippen LogP contribution >= 0.6 is 0 Å². The topological polar surface area (TPSA) is 76.8 Å². The number of methoxy groups -OCH3 is 2. The van der Waals surface area contributed by atoms with Gasteiger partial charge in [-0.15, -0.1) is 0 Å². The Morgan fingerprint density at radius 2 is 2.09 bits per heavy atom. The number of alkyl halides is 1. The normalized spacial score (nSPS) is 21.5. The van der Waals surface area contributed by atoms with Gasteiger partial charge in [0.2, 0.25) is 0 Å². The molecule has 0 radical (unpaired) electrons. The third kappa shape index (κ3) is 4.00. The van der Waals surface area contributed by atoms with Crippen LogP contribution in [-0.2, 0) is 6.54 Å². The maximum absolute atomic E-state index is 13.7. The Hall–Kier alpha value is -2.02. The molecule has 1 aromatic carbocycles. The van der Waals surface area contributed by atoms with Crippen molar-refractivity contribution in [2.24, 2.45) is 5.73 Å². The number of rotatable bonds is 5. The second-order valence-electron chi connectivity index (χ2n) is 5.34. The fourth-order valence-corrected chi connectivity index (χ4v) is 2.62. The monoisotopic (exact) mass is 311 g/mol. The van der Waals surface area contributed by atoms with Crippen LogP contribution in [0.3, 0.4) is 0 Å². The number of nitrogens with two attached hydrogens (primary N) is 1. The number of primary amides is 1. The van der Waals surface area contributed by atoms with E-state index in [2.05, 4.69) is 5.32 Å². The molecule has 0 bridgehead atoms. The molecule has 0 aliphatic carbocycles. The fraction of sp³-hybridized carbons (Fsp3) is 0.533. The zero-order valence-electron chi connectivity index (χ0n) is 12.8. The van der Waals surface area contributed by atoms with Crippen molar-refractivity contribution in [3.63, 3.8) is 0 Å². The van der Waals surface area contributed by atoms with E-state index in [-0.39, 0.29) is 12.6 Å². The molecule has 0 spiro atoms. The molecule has 7 heteroatoms. The van der Waals surface area contributed by atoms with E-state index in [1.165, 1.54) is 4.90 Å². The van der Waals surface area contributed by atoms with Gasteiger partial charge in [-0.25, -0.2) is 9.18 Å². The first-order chi connectivity index (χ1) is 10.5. The van der Waals surface area contributed by atoms with Crippen LogP contribution < -0.4 is 20.5 Å². The summed E-state index contributed by atoms with van der Waals surface area (Å²) in [7, 11) is 3.16. The minimum Gasteiger partial charge on any atom is -0.493 e. The summed E-state index contributed by atoms with van der Waals surface area (Å²) in [6.45, 7) is 1.04. The molecule has 1 aliphatic rings. The molecule has 2 atom stereocenters. The number of hydrogen-bond donors (Lipinski definition) is 2. The molecular formula is C15H22FN3O3. The first kappa shape index (κ1) is 16.4. The SMILES string of the molecule is COc1ccc(CN[C@@H]2C[C@H](F)CN(C(N)=O)C2)cc1OC. The van der Waals surface area contributed by atoms with Crippen LogP contribution in [0, 0.1) is 0 Å². The van der Waals surface area contributed by atoms with Crippen LogP contribution in [0.2, 0.25) is 0 Å². The average Bonchev–Trinajstić information content (AvgIpc) is 2.52. The van der Waals surface area contributed by atoms with Gasteiger partial charge < -0.3 is 25.4 Å². The minimum absolute atomic E-state index is 0.0733. The number of carbonyl (C=O) groups excluding carboxylic acids is 1. The van der Waals surface area contributed by atoms with Gasteiger partial charge >= 0.3 is 6.03 Å². The first-order valence-corrected chi connectivity index (χ1v) is 7.16. The third-order valence-electron chi connectivity index (χ3n) is 3.75. The predicted molar refractivity (Wildman–Crippen MR) is 80.8 cm³/mol. The summed E-state index contributed by atoms with van der Waals surface area (Å²) in [6.07, 6.45) is -0.680. The minimum atomic E-state index is -1.05.